The standard InChI is InChI=1S/3C18H34O2.C4H2O3.C3H8.C2H8N2/c3*1-2-3-4-5-6-7-8-9-10-11-12-13-14-15-16-17-18(19)20;5-3-1-2-4(6)7-3;1-3-2;3-1-2-4/h3*9-10H,2-8,11-17H2,1H3,(H,19,20);1-2H;3H2,1-2H3;1-4H2. The molecule has 11 heteroatoms. The van der Waals surface area contributed by atoms with Crippen LogP contribution in [0, 0.1) is 0 Å². The summed E-state index contributed by atoms with van der Waals surface area (Å²) in [5.74, 6) is -3.15. The molecule has 0 saturated heterocycles. The van der Waals surface area contributed by atoms with Crippen LogP contribution in [0.3, 0.4) is 0 Å². The summed E-state index contributed by atoms with van der Waals surface area (Å²) in [6.45, 7) is 12.2. The molecule has 0 radical (unpaired) electrons. The molecule has 0 spiro atoms. The summed E-state index contributed by atoms with van der Waals surface area (Å²) in [5, 5.41) is 25.5. The van der Waals surface area contributed by atoms with E-state index in [2.05, 4.69) is 75.8 Å². The maximum atomic E-state index is 10.3. The Morgan fingerprint density at radius 2 is 0.527 bits per heavy atom. The van der Waals surface area contributed by atoms with Gasteiger partial charge in [0.05, 0.1) is 0 Å². The van der Waals surface area contributed by atoms with Crippen LogP contribution in [-0.4, -0.2) is 58.3 Å². The fraction of sp³-hybridized carbons (Fsp3) is 0.794. The summed E-state index contributed by atoms with van der Waals surface area (Å²) in [4.78, 5) is 50.8. The molecule has 0 fully saturated rings. The number of ether oxygens (including phenoxy) is 1. The van der Waals surface area contributed by atoms with Crippen molar-refractivity contribution in [1.82, 2.24) is 0 Å². The zero-order valence-electron chi connectivity index (χ0n) is 48.9. The number of unbranched alkanes of at least 4 members (excludes halogenated alkanes) is 33. The van der Waals surface area contributed by atoms with Gasteiger partial charge in [0.25, 0.3) is 0 Å². The first-order valence-corrected chi connectivity index (χ1v) is 30.4. The number of carbonyl (C=O) groups is 5. The van der Waals surface area contributed by atoms with Crippen molar-refractivity contribution in [1.29, 1.82) is 0 Å². The third-order valence-corrected chi connectivity index (χ3v) is 11.7. The second kappa shape index (κ2) is 75.9. The molecule has 1 aliphatic heterocycles. The highest BCUT2D eigenvalue weighted by Gasteiger charge is 2.10. The van der Waals surface area contributed by atoms with Gasteiger partial charge in [0.1, 0.15) is 0 Å². The number of hydrogen-bond donors (Lipinski definition) is 5. The van der Waals surface area contributed by atoms with E-state index in [9.17, 15) is 24.0 Å². The molecule has 0 unspecified atom stereocenters. The Morgan fingerprint density at radius 1 is 0.351 bits per heavy atom. The van der Waals surface area contributed by atoms with Crippen molar-refractivity contribution in [2.45, 2.75) is 311 Å². The van der Waals surface area contributed by atoms with Crippen LogP contribution in [0.25, 0.3) is 0 Å². The van der Waals surface area contributed by atoms with E-state index >= 15 is 0 Å². The van der Waals surface area contributed by atoms with Crippen molar-refractivity contribution >= 4 is 29.8 Å². The molecule has 0 amide bonds. The summed E-state index contributed by atoms with van der Waals surface area (Å²) in [5.41, 5.74) is 9.81. The molecule has 0 aromatic heterocycles. The van der Waals surface area contributed by atoms with Gasteiger partial charge in [0.15, 0.2) is 0 Å². The molecular formula is C63H120N2O9. The van der Waals surface area contributed by atoms with Gasteiger partial charge >= 0.3 is 29.8 Å². The lowest BCUT2D eigenvalue weighted by Gasteiger charge is -1.99. The summed E-state index contributed by atoms with van der Waals surface area (Å²) < 4.78 is 3.97. The molecule has 0 aliphatic carbocycles. The third kappa shape index (κ3) is 94.3. The molecule has 0 atom stereocenters. The molecule has 0 aromatic carbocycles. The smallest absolute Gasteiger partial charge is 0.338 e. The quantitative estimate of drug-likeness (QED) is 0.0168. The van der Waals surface area contributed by atoms with E-state index in [-0.39, 0.29) is 0 Å². The maximum absolute atomic E-state index is 10.3. The molecule has 1 aliphatic rings. The van der Waals surface area contributed by atoms with Crippen LogP contribution in [-0.2, 0) is 28.7 Å². The second-order valence-electron chi connectivity index (χ2n) is 19.5. The highest BCUT2D eigenvalue weighted by molar-refractivity contribution is 6.04. The molecule has 1 rings (SSSR count). The molecule has 0 aromatic rings. The molecule has 1 heterocycles. The number of esters is 2. The van der Waals surface area contributed by atoms with Crippen molar-refractivity contribution in [3.8, 4) is 0 Å². The van der Waals surface area contributed by atoms with Crippen LogP contribution < -0.4 is 11.5 Å². The zero-order valence-corrected chi connectivity index (χ0v) is 48.9. The van der Waals surface area contributed by atoms with Crippen molar-refractivity contribution in [2.24, 2.45) is 11.5 Å². The number of hydrogen-bond acceptors (Lipinski definition) is 8. The largest absolute Gasteiger partial charge is 0.481 e. The van der Waals surface area contributed by atoms with Gasteiger partial charge in [-0.25, -0.2) is 9.59 Å². The van der Waals surface area contributed by atoms with E-state index in [1.54, 1.807) is 0 Å². The average Bonchev–Trinajstić information content (AvgIpc) is 3.77. The van der Waals surface area contributed by atoms with E-state index in [4.69, 9.17) is 26.8 Å². The van der Waals surface area contributed by atoms with E-state index in [0.717, 1.165) is 50.7 Å². The lowest BCUT2D eigenvalue weighted by atomic mass is 10.1. The minimum absolute atomic E-state index is 0.332. The molecule has 74 heavy (non-hydrogen) atoms. The Morgan fingerprint density at radius 3 is 0.676 bits per heavy atom. The highest BCUT2D eigenvalue weighted by Crippen LogP contribution is 2.13. The van der Waals surface area contributed by atoms with Gasteiger partial charge in [-0.05, 0) is 96.3 Å². The van der Waals surface area contributed by atoms with Crippen molar-refractivity contribution in [3.05, 3.63) is 48.6 Å². The topological polar surface area (TPSA) is 207 Å². The van der Waals surface area contributed by atoms with Crippen LogP contribution in [0.1, 0.15) is 311 Å². The Hall–Kier alpha value is -3.57. The van der Waals surface area contributed by atoms with Crippen molar-refractivity contribution in [3.63, 3.8) is 0 Å². The lowest BCUT2D eigenvalue weighted by molar-refractivity contribution is -0.150. The number of rotatable bonds is 46. The van der Waals surface area contributed by atoms with Crippen LogP contribution in [0.2, 0.25) is 0 Å². The fourth-order valence-corrected chi connectivity index (χ4v) is 7.34. The van der Waals surface area contributed by atoms with Crippen molar-refractivity contribution < 1.29 is 44.0 Å². The normalized spacial score (nSPS) is 11.4. The molecule has 11 nitrogen and oxygen atoms in total. The Kier molecular flexibility index (Phi) is 81.4. The molecule has 7 N–H and O–H groups in total. The number of allylic oxidation sites excluding steroid dienone is 6. The van der Waals surface area contributed by atoms with Crippen LogP contribution in [0.15, 0.2) is 48.6 Å². The Labute approximate surface area is 456 Å². The number of carbonyl (C=O) groups excluding carboxylic acids is 2. The Bertz CT molecular complexity index is 1140. The van der Waals surface area contributed by atoms with Crippen molar-refractivity contribution in [2.75, 3.05) is 13.1 Å². The second-order valence-corrected chi connectivity index (χ2v) is 19.5. The summed E-state index contributed by atoms with van der Waals surface area (Å²) in [7, 11) is 0. The number of carboxylic acids is 3. The average molecular weight is 1050 g/mol. The van der Waals surface area contributed by atoms with E-state index in [0.29, 0.717) is 32.4 Å². The summed E-state index contributed by atoms with van der Waals surface area (Å²) in [6.07, 6.45) is 67.1. The van der Waals surface area contributed by atoms with E-state index in [1.165, 1.54) is 218 Å². The predicted molar refractivity (Wildman–Crippen MR) is 316 cm³/mol. The number of carboxylic acid groups (broad SMARTS) is 3. The first-order chi connectivity index (χ1) is 35.9. The van der Waals surface area contributed by atoms with Gasteiger partial charge in [-0.3, -0.25) is 14.4 Å². The van der Waals surface area contributed by atoms with Gasteiger partial charge in [0, 0.05) is 44.5 Å². The zero-order chi connectivity index (χ0) is 56.1. The number of aliphatic carboxylic acids is 3. The highest BCUT2D eigenvalue weighted by atomic mass is 16.6. The van der Waals surface area contributed by atoms with Crippen LogP contribution >= 0.6 is 0 Å². The monoisotopic (exact) mass is 1050 g/mol. The number of cyclic esters (lactones) is 2. The molecular weight excluding hydrogens is 929 g/mol. The summed E-state index contributed by atoms with van der Waals surface area (Å²) >= 11 is 0. The first kappa shape index (κ1) is 79.3. The molecule has 0 saturated carbocycles. The first-order valence-electron chi connectivity index (χ1n) is 30.4. The van der Waals surface area contributed by atoms with Crippen LogP contribution in [0.5, 0.6) is 0 Å². The maximum Gasteiger partial charge on any atom is 0.338 e. The third-order valence-electron chi connectivity index (χ3n) is 11.7. The van der Waals surface area contributed by atoms with Gasteiger partial charge in [-0.15, -0.1) is 0 Å². The molecule has 436 valence electrons. The van der Waals surface area contributed by atoms with Gasteiger partial charge in [-0.1, -0.05) is 232 Å². The van der Waals surface area contributed by atoms with E-state index in [1.807, 2.05) is 0 Å². The van der Waals surface area contributed by atoms with Gasteiger partial charge in [-0.2, -0.15) is 0 Å². The SMILES string of the molecule is CCC.CCCCCCCCC=CCCCCCCCC(=O)O.CCCCCCCCC=CCCCCCCCC(=O)O.CCCCCCCCC=CCCCCCCCC(=O)O.NCCN.O=C1C=CC(=O)O1. The summed E-state index contributed by atoms with van der Waals surface area (Å²) in [6, 6.07) is 0. The predicted octanol–water partition coefficient (Wildman–Crippen LogP) is 18.3. The fourth-order valence-electron chi connectivity index (χ4n) is 7.34. The van der Waals surface area contributed by atoms with Gasteiger partial charge in [0.2, 0.25) is 0 Å². The van der Waals surface area contributed by atoms with Crippen LogP contribution in [0.4, 0.5) is 0 Å². The lowest BCUT2D eigenvalue weighted by Crippen LogP contribution is -2.11. The molecule has 0 bridgehead atoms. The van der Waals surface area contributed by atoms with E-state index < -0.39 is 29.8 Å². The van der Waals surface area contributed by atoms with Gasteiger partial charge < -0.3 is 31.5 Å². The number of nitrogens with two attached hydrogens (primary N) is 2. The Balaban J connectivity index is -0.000000283. The minimum Gasteiger partial charge on any atom is -0.481 e. The minimum atomic E-state index is -0.664.